The second-order valence-electron chi connectivity index (χ2n) is 4.86. The summed E-state index contributed by atoms with van der Waals surface area (Å²) in [6, 6.07) is 12.3. The van der Waals surface area contributed by atoms with Crippen LogP contribution in [0.3, 0.4) is 0 Å². The smallest absolute Gasteiger partial charge is 0.163 e. The molecule has 1 nitrogen and oxygen atoms in total. The molecule has 3 heteroatoms. The van der Waals surface area contributed by atoms with Crippen LogP contribution in [-0.4, -0.2) is 7.05 Å². The molecule has 0 spiro atoms. The molecule has 2 aromatic carbocycles. The van der Waals surface area contributed by atoms with Gasteiger partial charge in [0.05, 0.1) is 0 Å². The molecule has 0 aliphatic heterocycles. The van der Waals surface area contributed by atoms with E-state index in [4.69, 9.17) is 0 Å². The van der Waals surface area contributed by atoms with Crippen molar-refractivity contribution in [2.24, 2.45) is 0 Å². The fourth-order valence-corrected chi connectivity index (χ4v) is 2.30. The Hall–Kier alpha value is -1.74. The van der Waals surface area contributed by atoms with Crippen LogP contribution in [0.15, 0.2) is 42.5 Å². The zero-order chi connectivity index (χ0) is 14.5. The van der Waals surface area contributed by atoms with Crippen LogP contribution in [0, 0.1) is 11.6 Å². The van der Waals surface area contributed by atoms with Gasteiger partial charge in [0.2, 0.25) is 0 Å². The van der Waals surface area contributed by atoms with Crippen molar-refractivity contribution in [1.82, 2.24) is 5.32 Å². The molecule has 0 heterocycles. The van der Waals surface area contributed by atoms with Gasteiger partial charge in [-0.25, -0.2) is 8.78 Å². The summed E-state index contributed by atoms with van der Waals surface area (Å²) >= 11 is 0. The van der Waals surface area contributed by atoms with Crippen LogP contribution in [0.5, 0.6) is 0 Å². The molecule has 0 aliphatic carbocycles. The van der Waals surface area contributed by atoms with Gasteiger partial charge in [0, 0.05) is 11.6 Å². The minimum Gasteiger partial charge on any atom is -0.313 e. The Labute approximate surface area is 118 Å². The Bertz CT molecular complexity index is 564. The van der Waals surface area contributed by atoms with Gasteiger partial charge in [0.25, 0.3) is 0 Å². The van der Waals surface area contributed by atoms with Gasteiger partial charge >= 0.3 is 0 Å². The third-order valence-corrected chi connectivity index (χ3v) is 3.58. The summed E-state index contributed by atoms with van der Waals surface area (Å²) in [5.41, 5.74) is 2.74. The van der Waals surface area contributed by atoms with Crippen molar-refractivity contribution < 1.29 is 8.78 Å². The fourth-order valence-electron chi connectivity index (χ4n) is 2.30. The van der Waals surface area contributed by atoms with Gasteiger partial charge in [-0.05, 0) is 37.1 Å². The SMILES string of the molecule is CCc1ccc(CC(NC)c2cccc(F)c2F)cc1. The maximum Gasteiger partial charge on any atom is 0.163 e. The number of halogens is 2. The zero-order valence-electron chi connectivity index (χ0n) is 11.8. The van der Waals surface area contributed by atoms with E-state index in [1.807, 2.05) is 12.1 Å². The molecule has 0 saturated carbocycles. The summed E-state index contributed by atoms with van der Waals surface area (Å²) < 4.78 is 27.2. The van der Waals surface area contributed by atoms with E-state index in [2.05, 4.69) is 24.4 Å². The van der Waals surface area contributed by atoms with Gasteiger partial charge in [0.15, 0.2) is 11.6 Å². The van der Waals surface area contributed by atoms with E-state index in [1.54, 1.807) is 13.1 Å². The van der Waals surface area contributed by atoms with Crippen LogP contribution in [0.1, 0.15) is 29.7 Å². The average Bonchev–Trinajstić information content (AvgIpc) is 2.48. The second kappa shape index (κ2) is 6.62. The Balaban J connectivity index is 2.21. The minimum atomic E-state index is -0.802. The number of rotatable bonds is 5. The summed E-state index contributed by atoms with van der Waals surface area (Å²) in [5.74, 6) is -1.57. The molecule has 106 valence electrons. The van der Waals surface area contributed by atoms with Crippen molar-refractivity contribution >= 4 is 0 Å². The highest BCUT2D eigenvalue weighted by Gasteiger charge is 2.17. The average molecular weight is 275 g/mol. The van der Waals surface area contributed by atoms with Crippen molar-refractivity contribution in [1.29, 1.82) is 0 Å². The summed E-state index contributed by atoms with van der Waals surface area (Å²) in [4.78, 5) is 0. The van der Waals surface area contributed by atoms with Crippen LogP contribution in [0.25, 0.3) is 0 Å². The van der Waals surface area contributed by atoms with Gasteiger partial charge in [-0.2, -0.15) is 0 Å². The van der Waals surface area contributed by atoms with Gasteiger partial charge in [-0.15, -0.1) is 0 Å². The third kappa shape index (κ3) is 3.23. The van der Waals surface area contributed by atoms with Crippen LogP contribution < -0.4 is 5.32 Å². The van der Waals surface area contributed by atoms with E-state index in [-0.39, 0.29) is 6.04 Å². The molecular formula is C17H19F2N. The molecule has 1 unspecified atom stereocenters. The molecule has 20 heavy (non-hydrogen) atoms. The normalized spacial score (nSPS) is 12.4. The van der Waals surface area contributed by atoms with Crippen molar-refractivity contribution in [2.75, 3.05) is 7.05 Å². The Morgan fingerprint density at radius 1 is 1.00 bits per heavy atom. The Morgan fingerprint density at radius 2 is 1.65 bits per heavy atom. The summed E-state index contributed by atoms with van der Waals surface area (Å²) in [6.45, 7) is 2.10. The van der Waals surface area contributed by atoms with Crippen LogP contribution in [-0.2, 0) is 12.8 Å². The highest BCUT2D eigenvalue weighted by molar-refractivity contribution is 5.27. The first-order chi connectivity index (χ1) is 9.65. The Morgan fingerprint density at radius 3 is 2.25 bits per heavy atom. The van der Waals surface area contributed by atoms with E-state index < -0.39 is 11.6 Å². The molecule has 0 bridgehead atoms. The quantitative estimate of drug-likeness (QED) is 0.868. The van der Waals surface area contributed by atoms with Gasteiger partial charge in [-0.3, -0.25) is 0 Å². The molecule has 0 saturated heterocycles. The van der Waals surface area contributed by atoms with Crippen molar-refractivity contribution in [3.05, 3.63) is 70.8 Å². The predicted octanol–water partition coefficient (Wildman–Crippen LogP) is 4.03. The number of benzene rings is 2. The van der Waals surface area contributed by atoms with Crippen LogP contribution in [0.4, 0.5) is 8.78 Å². The number of aryl methyl sites for hydroxylation is 1. The molecular weight excluding hydrogens is 256 g/mol. The topological polar surface area (TPSA) is 12.0 Å². The first-order valence-electron chi connectivity index (χ1n) is 6.84. The van der Waals surface area contributed by atoms with E-state index >= 15 is 0 Å². The van der Waals surface area contributed by atoms with Gasteiger partial charge < -0.3 is 5.32 Å². The zero-order valence-corrected chi connectivity index (χ0v) is 11.8. The predicted molar refractivity (Wildman–Crippen MR) is 77.7 cm³/mol. The molecule has 0 amide bonds. The molecule has 0 fully saturated rings. The van der Waals surface area contributed by atoms with E-state index in [1.165, 1.54) is 11.6 Å². The largest absolute Gasteiger partial charge is 0.313 e. The first-order valence-corrected chi connectivity index (χ1v) is 6.84. The molecule has 2 rings (SSSR count). The number of hydrogen-bond acceptors (Lipinski definition) is 1. The van der Waals surface area contributed by atoms with E-state index in [9.17, 15) is 8.78 Å². The monoisotopic (exact) mass is 275 g/mol. The molecule has 0 aliphatic rings. The van der Waals surface area contributed by atoms with E-state index in [0.717, 1.165) is 18.1 Å². The second-order valence-corrected chi connectivity index (χ2v) is 4.86. The van der Waals surface area contributed by atoms with E-state index in [0.29, 0.717) is 12.0 Å². The lowest BCUT2D eigenvalue weighted by Crippen LogP contribution is -2.20. The van der Waals surface area contributed by atoms with Crippen molar-refractivity contribution in [3.63, 3.8) is 0 Å². The van der Waals surface area contributed by atoms with Gasteiger partial charge in [0.1, 0.15) is 0 Å². The summed E-state index contributed by atoms with van der Waals surface area (Å²) in [6.07, 6.45) is 1.62. The fraction of sp³-hybridized carbons (Fsp3) is 0.294. The lowest BCUT2D eigenvalue weighted by atomic mass is 9.97. The molecule has 0 aromatic heterocycles. The van der Waals surface area contributed by atoms with Crippen molar-refractivity contribution in [3.8, 4) is 0 Å². The molecule has 1 N–H and O–H groups in total. The first kappa shape index (κ1) is 14.7. The maximum atomic E-state index is 13.8. The molecule has 1 atom stereocenters. The van der Waals surface area contributed by atoms with Crippen LogP contribution in [0.2, 0.25) is 0 Å². The number of nitrogens with one attached hydrogen (secondary N) is 1. The third-order valence-electron chi connectivity index (χ3n) is 3.58. The molecule has 0 radical (unpaired) electrons. The highest BCUT2D eigenvalue weighted by atomic mass is 19.2. The number of hydrogen-bond donors (Lipinski definition) is 1. The number of likely N-dealkylation sites (N-methyl/N-ethyl adjacent to an activating group) is 1. The minimum absolute atomic E-state index is 0.238. The lowest BCUT2D eigenvalue weighted by Gasteiger charge is -2.18. The van der Waals surface area contributed by atoms with Gasteiger partial charge in [-0.1, -0.05) is 43.3 Å². The summed E-state index contributed by atoms with van der Waals surface area (Å²) in [5, 5.41) is 3.06. The standard InChI is InChI=1S/C17H19F2N/c1-3-12-7-9-13(10-8-12)11-16(20-2)14-5-4-6-15(18)17(14)19/h4-10,16,20H,3,11H2,1-2H3. The molecule has 2 aromatic rings. The maximum absolute atomic E-state index is 13.8. The van der Waals surface area contributed by atoms with Crippen LogP contribution >= 0.6 is 0 Å². The van der Waals surface area contributed by atoms with Crippen molar-refractivity contribution in [2.45, 2.75) is 25.8 Å². The lowest BCUT2D eigenvalue weighted by molar-refractivity contribution is 0.473. The Kier molecular flexibility index (Phi) is 4.85. The summed E-state index contributed by atoms with van der Waals surface area (Å²) in [7, 11) is 1.76. The highest BCUT2D eigenvalue weighted by Crippen LogP contribution is 2.23.